The molecule has 0 radical (unpaired) electrons. The van der Waals surface area contributed by atoms with Crippen LogP contribution in [0.4, 0.5) is 0 Å². The average Bonchev–Trinajstić information content (AvgIpc) is 3.17. The molecule has 1 amide bonds. The minimum atomic E-state index is -3.71. The number of H-pyrrole nitrogens is 1. The molecule has 1 saturated heterocycles. The van der Waals surface area contributed by atoms with Gasteiger partial charge in [-0.15, -0.1) is 0 Å². The number of rotatable bonds is 5. The fourth-order valence-electron chi connectivity index (χ4n) is 4.48. The molecule has 1 atom stereocenters. The average molecular weight is 498 g/mol. The third-order valence-electron chi connectivity index (χ3n) is 6.32. The number of nitrogens with one attached hydrogen (secondary N) is 2. The number of amides is 1. The zero-order valence-corrected chi connectivity index (χ0v) is 20.0. The number of hydrogen-bond donors (Lipinski definition) is 2. The Bertz CT molecular complexity index is 1410. The number of aromatic nitrogens is 1. The Labute approximate surface area is 203 Å². The molecule has 0 spiro atoms. The first-order valence-electron chi connectivity index (χ1n) is 11.8. The van der Waals surface area contributed by atoms with Crippen LogP contribution in [0.2, 0.25) is 0 Å². The number of carbonyl (C=O) groups excluding carboxylic acids is 1. The van der Waals surface area contributed by atoms with E-state index in [0.717, 1.165) is 25.7 Å². The van der Waals surface area contributed by atoms with Crippen LogP contribution in [-0.4, -0.2) is 56.0 Å². The molecule has 2 aromatic carbocycles. The largest absolute Gasteiger partial charge is 0.486 e. The van der Waals surface area contributed by atoms with Crippen molar-refractivity contribution in [2.45, 2.75) is 36.7 Å². The van der Waals surface area contributed by atoms with Gasteiger partial charge in [-0.05, 0) is 43.2 Å². The Morgan fingerprint density at radius 3 is 2.54 bits per heavy atom. The number of ether oxygens (including phenoxy) is 2. The molecule has 35 heavy (non-hydrogen) atoms. The molecule has 0 bridgehead atoms. The van der Waals surface area contributed by atoms with Gasteiger partial charge in [0.25, 0.3) is 5.91 Å². The quantitative estimate of drug-likeness (QED) is 0.560. The standard InChI is InChI=1S/C25H27N3O6S/c29-24-14-20(25(30)26-15-17-16-33-22-7-3-4-8-23(22)34-17)19-13-18(9-10-21(19)27-24)35(31,32)28-11-5-1-2-6-12-28/h3-4,7-10,13-14,17H,1-2,5-6,11-12,15-16H2,(H,26,30)(H,27,29). The summed E-state index contributed by atoms with van der Waals surface area (Å²) >= 11 is 0. The molecular weight excluding hydrogens is 470 g/mol. The molecule has 5 rings (SSSR count). The highest BCUT2D eigenvalue weighted by atomic mass is 32.2. The Balaban J connectivity index is 1.39. The van der Waals surface area contributed by atoms with Crippen molar-refractivity contribution < 1.29 is 22.7 Å². The fourth-order valence-corrected chi connectivity index (χ4v) is 6.02. The molecule has 2 N–H and O–H groups in total. The minimum Gasteiger partial charge on any atom is -0.486 e. The van der Waals surface area contributed by atoms with Crippen LogP contribution in [0.5, 0.6) is 11.5 Å². The summed E-state index contributed by atoms with van der Waals surface area (Å²) in [7, 11) is -3.71. The third-order valence-corrected chi connectivity index (χ3v) is 8.21. The second-order valence-corrected chi connectivity index (χ2v) is 10.7. The van der Waals surface area contributed by atoms with E-state index in [0.29, 0.717) is 35.5 Å². The van der Waals surface area contributed by atoms with E-state index in [1.807, 2.05) is 18.2 Å². The van der Waals surface area contributed by atoms with Crippen LogP contribution in [-0.2, 0) is 10.0 Å². The minimum absolute atomic E-state index is 0.105. The summed E-state index contributed by atoms with van der Waals surface area (Å²) in [5.74, 6) is 0.754. The van der Waals surface area contributed by atoms with Crippen molar-refractivity contribution in [3.63, 3.8) is 0 Å². The van der Waals surface area contributed by atoms with Crippen LogP contribution in [0, 0.1) is 0 Å². The van der Waals surface area contributed by atoms with E-state index in [1.165, 1.54) is 28.6 Å². The first kappa shape index (κ1) is 23.4. The molecule has 9 nitrogen and oxygen atoms in total. The topological polar surface area (TPSA) is 118 Å². The van der Waals surface area contributed by atoms with Crippen molar-refractivity contribution in [3.05, 3.63) is 64.4 Å². The van der Waals surface area contributed by atoms with Gasteiger partial charge in [0.15, 0.2) is 11.5 Å². The molecule has 1 aromatic heterocycles. The van der Waals surface area contributed by atoms with Crippen LogP contribution < -0.4 is 20.3 Å². The van der Waals surface area contributed by atoms with Gasteiger partial charge in [-0.3, -0.25) is 9.59 Å². The van der Waals surface area contributed by atoms with Gasteiger partial charge in [0.1, 0.15) is 12.7 Å². The fraction of sp³-hybridized carbons (Fsp3) is 0.360. The molecule has 3 aromatic rings. The summed E-state index contributed by atoms with van der Waals surface area (Å²) in [5.41, 5.74) is 0.0504. The van der Waals surface area contributed by atoms with E-state index >= 15 is 0 Å². The summed E-state index contributed by atoms with van der Waals surface area (Å²) in [6.45, 7) is 1.39. The van der Waals surface area contributed by atoms with E-state index in [1.54, 1.807) is 6.07 Å². The smallest absolute Gasteiger partial charge is 0.252 e. The van der Waals surface area contributed by atoms with E-state index in [2.05, 4.69) is 10.3 Å². The number of fused-ring (bicyclic) bond motifs is 2. The summed E-state index contributed by atoms with van der Waals surface area (Å²) in [6, 6.07) is 13.0. The van der Waals surface area contributed by atoms with Crippen molar-refractivity contribution in [2.24, 2.45) is 0 Å². The molecule has 2 aliphatic rings. The van der Waals surface area contributed by atoms with E-state index in [4.69, 9.17) is 9.47 Å². The van der Waals surface area contributed by atoms with Gasteiger partial charge in [0.05, 0.1) is 17.0 Å². The molecular formula is C25H27N3O6S. The summed E-state index contributed by atoms with van der Waals surface area (Å²) in [4.78, 5) is 28.1. The zero-order chi connectivity index (χ0) is 24.4. The number of hydrogen-bond acceptors (Lipinski definition) is 6. The van der Waals surface area contributed by atoms with E-state index in [9.17, 15) is 18.0 Å². The van der Waals surface area contributed by atoms with Crippen LogP contribution in [0.3, 0.4) is 0 Å². The second kappa shape index (κ2) is 9.71. The van der Waals surface area contributed by atoms with Gasteiger partial charge in [-0.2, -0.15) is 4.31 Å². The summed E-state index contributed by atoms with van der Waals surface area (Å²) in [5, 5.41) is 3.16. The first-order valence-corrected chi connectivity index (χ1v) is 13.2. The third kappa shape index (κ3) is 4.89. The molecule has 0 saturated carbocycles. The molecule has 0 aliphatic carbocycles. The monoisotopic (exact) mass is 497 g/mol. The summed E-state index contributed by atoms with van der Waals surface area (Å²) < 4.78 is 39.6. The lowest BCUT2D eigenvalue weighted by atomic mass is 10.1. The maximum atomic E-state index is 13.3. The van der Waals surface area contributed by atoms with Crippen molar-refractivity contribution >= 4 is 26.8 Å². The van der Waals surface area contributed by atoms with Crippen molar-refractivity contribution in [2.75, 3.05) is 26.2 Å². The van der Waals surface area contributed by atoms with Crippen LogP contribution in [0.25, 0.3) is 10.9 Å². The van der Waals surface area contributed by atoms with E-state index in [-0.39, 0.29) is 23.6 Å². The molecule has 10 heteroatoms. The van der Waals surface area contributed by atoms with Crippen LogP contribution >= 0.6 is 0 Å². The van der Waals surface area contributed by atoms with Gasteiger partial charge in [0, 0.05) is 30.1 Å². The van der Waals surface area contributed by atoms with Gasteiger partial charge < -0.3 is 19.8 Å². The number of nitrogens with zero attached hydrogens (tertiary/aromatic N) is 1. The molecule has 184 valence electrons. The lowest BCUT2D eigenvalue weighted by Gasteiger charge is -2.26. The molecule has 2 aliphatic heterocycles. The Hall–Kier alpha value is -3.37. The maximum Gasteiger partial charge on any atom is 0.252 e. The highest BCUT2D eigenvalue weighted by molar-refractivity contribution is 7.89. The zero-order valence-electron chi connectivity index (χ0n) is 19.2. The highest BCUT2D eigenvalue weighted by Gasteiger charge is 2.27. The Kier molecular flexibility index (Phi) is 6.48. The number of carbonyl (C=O) groups is 1. The number of sulfonamides is 1. The van der Waals surface area contributed by atoms with Crippen LogP contribution in [0.1, 0.15) is 36.0 Å². The van der Waals surface area contributed by atoms with Crippen molar-refractivity contribution in [1.29, 1.82) is 0 Å². The first-order chi connectivity index (χ1) is 16.9. The van der Waals surface area contributed by atoms with Crippen molar-refractivity contribution in [3.8, 4) is 11.5 Å². The second-order valence-electron chi connectivity index (χ2n) is 8.78. The summed E-state index contributed by atoms with van der Waals surface area (Å²) in [6.07, 6.45) is 3.27. The number of benzene rings is 2. The van der Waals surface area contributed by atoms with Gasteiger partial charge in [-0.25, -0.2) is 8.42 Å². The maximum absolute atomic E-state index is 13.3. The van der Waals surface area contributed by atoms with E-state index < -0.39 is 27.6 Å². The lowest BCUT2D eigenvalue weighted by Crippen LogP contribution is -2.41. The Morgan fingerprint density at radius 1 is 1.03 bits per heavy atom. The normalized spacial score (nSPS) is 18.7. The highest BCUT2D eigenvalue weighted by Crippen LogP contribution is 2.31. The number of pyridine rings is 1. The Morgan fingerprint density at radius 2 is 1.77 bits per heavy atom. The SMILES string of the molecule is O=C(NCC1COc2ccccc2O1)c1cc(=O)[nH]c2ccc(S(=O)(=O)N3CCCCCC3)cc12. The van der Waals surface area contributed by atoms with Crippen LogP contribution in [0.15, 0.2) is 58.2 Å². The number of para-hydroxylation sites is 2. The van der Waals surface area contributed by atoms with Gasteiger partial charge >= 0.3 is 0 Å². The van der Waals surface area contributed by atoms with Gasteiger partial charge in [-0.1, -0.05) is 25.0 Å². The predicted octanol–water partition coefficient (Wildman–Crippen LogP) is 2.66. The van der Waals surface area contributed by atoms with Gasteiger partial charge in [0.2, 0.25) is 15.6 Å². The van der Waals surface area contributed by atoms with Crippen molar-refractivity contribution in [1.82, 2.24) is 14.6 Å². The molecule has 3 heterocycles. The number of aromatic amines is 1. The molecule has 1 unspecified atom stereocenters. The lowest BCUT2D eigenvalue weighted by molar-refractivity contribution is 0.0790. The molecule has 1 fully saturated rings. The predicted molar refractivity (Wildman–Crippen MR) is 130 cm³/mol.